The molecule has 0 aromatic heterocycles. The predicted molar refractivity (Wildman–Crippen MR) is 110 cm³/mol. The second-order valence-corrected chi connectivity index (χ2v) is 7.92. The topological polar surface area (TPSA) is 15.7 Å². The average molecular weight is 357 g/mol. The molecule has 3 rings (SSSR count). The Bertz CT molecular complexity index is 575. The third-order valence-electron chi connectivity index (χ3n) is 5.97. The van der Waals surface area contributed by atoms with Crippen LogP contribution in [0.2, 0.25) is 0 Å². The number of hydrogen-bond donors (Lipinski definition) is 0. The Kier molecular flexibility index (Phi) is 7.15. The van der Waals surface area contributed by atoms with Crippen molar-refractivity contribution in [3.63, 3.8) is 0 Å². The van der Waals surface area contributed by atoms with Crippen LogP contribution in [0.25, 0.3) is 0 Å². The van der Waals surface area contributed by atoms with Crippen LogP contribution in [0.5, 0.6) is 0 Å². The van der Waals surface area contributed by atoms with E-state index in [-0.39, 0.29) is 6.23 Å². The highest BCUT2D eigenvalue weighted by Gasteiger charge is 2.40. The van der Waals surface area contributed by atoms with Gasteiger partial charge in [-0.1, -0.05) is 42.9 Å². The summed E-state index contributed by atoms with van der Waals surface area (Å²) in [6, 6.07) is 0.638. The minimum absolute atomic E-state index is 0.253. The highest BCUT2D eigenvalue weighted by atomic mass is 16.5. The van der Waals surface area contributed by atoms with Gasteiger partial charge in [-0.15, -0.1) is 0 Å². The van der Waals surface area contributed by atoms with Gasteiger partial charge < -0.3 is 14.5 Å². The van der Waals surface area contributed by atoms with Crippen LogP contribution < -0.4 is 0 Å². The first-order valence-electron chi connectivity index (χ1n) is 10.5. The lowest BCUT2D eigenvalue weighted by Crippen LogP contribution is -2.59. The van der Waals surface area contributed by atoms with Crippen molar-refractivity contribution in [1.82, 2.24) is 9.80 Å². The molecule has 2 heterocycles. The molecule has 0 aromatic rings. The first kappa shape index (κ1) is 19.4. The zero-order valence-electron chi connectivity index (χ0n) is 16.9. The molecule has 0 aromatic carbocycles. The summed E-state index contributed by atoms with van der Waals surface area (Å²) in [6.45, 7) is 11.0. The molecule has 2 aliphatic heterocycles. The highest BCUT2D eigenvalue weighted by molar-refractivity contribution is 5.23. The quantitative estimate of drug-likeness (QED) is 0.630. The molecule has 0 N–H and O–H groups in total. The normalized spacial score (nSPS) is 30.6. The third-order valence-corrected chi connectivity index (χ3v) is 5.97. The van der Waals surface area contributed by atoms with Gasteiger partial charge in [0.25, 0.3) is 0 Å². The Morgan fingerprint density at radius 3 is 2.96 bits per heavy atom. The zero-order valence-corrected chi connectivity index (χ0v) is 16.9. The Hall–Kier alpha value is -1.32. The first-order chi connectivity index (χ1) is 12.7. The summed E-state index contributed by atoms with van der Waals surface area (Å²) >= 11 is 0. The van der Waals surface area contributed by atoms with Crippen molar-refractivity contribution in [2.45, 2.75) is 65.1 Å². The number of hydrogen-bond acceptors (Lipinski definition) is 3. The van der Waals surface area contributed by atoms with Gasteiger partial charge in [-0.3, -0.25) is 0 Å². The van der Waals surface area contributed by atoms with Crippen molar-refractivity contribution in [2.75, 3.05) is 26.2 Å². The van der Waals surface area contributed by atoms with E-state index in [1.54, 1.807) is 0 Å². The first-order valence-corrected chi connectivity index (χ1v) is 10.5. The number of nitrogens with zero attached hydrogens (tertiary/aromatic N) is 2. The van der Waals surface area contributed by atoms with Crippen molar-refractivity contribution >= 4 is 0 Å². The minimum Gasteiger partial charge on any atom is -0.358 e. The van der Waals surface area contributed by atoms with E-state index < -0.39 is 0 Å². The van der Waals surface area contributed by atoms with Gasteiger partial charge in [0.15, 0.2) is 0 Å². The number of likely N-dealkylation sites (tertiary alicyclic amines) is 1. The highest BCUT2D eigenvalue weighted by Crippen LogP contribution is 2.35. The average Bonchev–Trinajstić information content (AvgIpc) is 2.70. The number of rotatable bonds is 6. The van der Waals surface area contributed by atoms with Gasteiger partial charge >= 0.3 is 0 Å². The fourth-order valence-electron chi connectivity index (χ4n) is 4.50. The molecule has 3 aliphatic rings. The fraction of sp³-hybridized carbons (Fsp3) is 0.652. The number of ether oxygens (including phenoxy) is 1. The van der Waals surface area contributed by atoms with Crippen LogP contribution in [-0.4, -0.2) is 48.3 Å². The SMILES string of the molecule is C/C=C\C=C(/C)CCN1CCC2C(COC(CC)N2C2=CCCC=C2)C1. The molecule has 26 heavy (non-hydrogen) atoms. The molecule has 0 saturated carbocycles. The molecular weight excluding hydrogens is 320 g/mol. The molecule has 0 spiro atoms. The molecule has 0 radical (unpaired) electrons. The maximum Gasteiger partial charge on any atom is 0.130 e. The minimum atomic E-state index is 0.253. The Morgan fingerprint density at radius 1 is 1.35 bits per heavy atom. The van der Waals surface area contributed by atoms with E-state index >= 15 is 0 Å². The summed E-state index contributed by atoms with van der Waals surface area (Å²) in [7, 11) is 0. The third kappa shape index (κ3) is 4.69. The predicted octanol–water partition coefficient (Wildman–Crippen LogP) is 4.89. The Balaban J connectivity index is 1.61. The van der Waals surface area contributed by atoms with Gasteiger partial charge in [0, 0.05) is 37.3 Å². The van der Waals surface area contributed by atoms with E-state index in [1.807, 2.05) is 0 Å². The van der Waals surface area contributed by atoms with Gasteiger partial charge in [0.1, 0.15) is 6.23 Å². The van der Waals surface area contributed by atoms with Gasteiger partial charge in [-0.05, 0) is 52.0 Å². The largest absolute Gasteiger partial charge is 0.358 e. The van der Waals surface area contributed by atoms with Crippen LogP contribution in [0.3, 0.4) is 0 Å². The van der Waals surface area contributed by atoms with E-state index in [2.05, 4.69) is 67.0 Å². The lowest BCUT2D eigenvalue weighted by atomic mass is 9.88. The Morgan fingerprint density at radius 2 is 2.23 bits per heavy atom. The Labute approximate surface area is 160 Å². The fourth-order valence-corrected chi connectivity index (χ4v) is 4.50. The van der Waals surface area contributed by atoms with Crippen molar-refractivity contribution in [2.24, 2.45) is 5.92 Å². The molecule has 3 unspecified atom stereocenters. The van der Waals surface area contributed by atoms with Crippen LogP contribution in [0.4, 0.5) is 0 Å². The molecule has 2 fully saturated rings. The van der Waals surface area contributed by atoms with Crippen LogP contribution in [0.15, 0.2) is 47.7 Å². The lowest BCUT2D eigenvalue weighted by Gasteiger charge is -2.52. The van der Waals surface area contributed by atoms with Crippen LogP contribution in [-0.2, 0) is 4.74 Å². The van der Waals surface area contributed by atoms with Crippen LogP contribution in [0.1, 0.15) is 52.9 Å². The van der Waals surface area contributed by atoms with Gasteiger partial charge in [-0.2, -0.15) is 0 Å². The van der Waals surface area contributed by atoms with Crippen LogP contribution in [0, 0.1) is 5.92 Å². The number of piperidine rings is 1. The van der Waals surface area contributed by atoms with Crippen LogP contribution >= 0.6 is 0 Å². The molecule has 3 heteroatoms. The maximum absolute atomic E-state index is 6.29. The summed E-state index contributed by atoms with van der Waals surface area (Å²) in [4.78, 5) is 5.26. The molecule has 3 atom stereocenters. The van der Waals surface area contributed by atoms with Crippen molar-refractivity contribution in [3.8, 4) is 0 Å². The summed E-state index contributed by atoms with van der Waals surface area (Å²) in [5.74, 6) is 0.627. The maximum atomic E-state index is 6.29. The molecule has 3 nitrogen and oxygen atoms in total. The number of allylic oxidation sites excluding steroid dienone is 6. The summed E-state index contributed by atoms with van der Waals surface area (Å²) < 4.78 is 6.29. The van der Waals surface area contributed by atoms with E-state index in [9.17, 15) is 0 Å². The van der Waals surface area contributed by atoms with Crippen molar-refractivity contribution in [1.29, 1.82) is 0 Å². The van der Waals surface area contributed by atoms with Gasteiger partial charge in [0.2, 0.25) is 0 Å². The van der Waals surface area contributed by atoms with E-state index in [1.165, 1.54) is 50.2 Å². The smallest absolute Gasteiger partial charge is 0.130 e. The van der Waals surface area contributed by atoms with E-state index in [0.717, 1.165) is 19.4 Å². The molecular formula is C23H36N2O. The standard InChI is InChI=1S/C23H36N2O/c1-4-6-10-19(3)13-15-24-16-14-22-20(17-24)18-26-23(5-2)25(22)21-11-8-7-9-12-21/h4,6,8,10-12,20,22-23H,5,7,9,13-18H2,1-3H3/b6-4-,19-10+. The van der Waals surface area contributed by atoms with Crippen molar-refractivity contribution < 1.29 is 4.74 Å². The zero-order chi connectivity index (χ0) is 18.4. The molecule has 144 valence electrons. The molecule has 0 amide bonds. The molecule has 2 saturated heterocycles. The summed E-state index contributed by atoms with van der Waals surface area (Å²) in [5, 5.41) is 0. The second-order valence-electron chi connectivity index (χ2n) is 7.92. The molecule has 0 bridgehead atoms. The van der Waals surface area contributed by atoms with Gasteiger partial charge in [-0.25, -0.2) is 0 Å². The van der Waals surface area contributed by atoms with E-state index in [0.29, 0.717) is 12.0 Å². The number of fused-ring (bicyclic) bond motifs is 1. The second kappa shape index (κ2) is 9.57. The summed E-state index contributed by atoms with van der Waals surface area (Å²) in [5.41, 5.74) is 2.87. The summed E-state index contributed by atoms with van der Waals surface area (Å²) in [6.07, 6.45) is 19.6. The molecule has 1 aliphatic carbocycles. The lowest BCUT2D eigenvalue weighted by molar-refractivity contribution is -0.150. The van der Waals surface area contributed by atoms with Crippen molar-refractivity contribution in [3.05, 3.63) is 47.7 Å². The monoisotopic (exact) mass is 356 g/mol. The van der Waals surface area contributed by atoms with Gasteiger partial charge in [0.05, 0.1) is 6.61 Å². The van der Waals surface area contributed by atoms with E-state index in [4.69, 9.17) is 4.74 Å².